The molecule has 210 valence electrons. The fourth-order valence-corrected chi connectivity index (χ4v) is 6.76. The number of carbonyl (C=O) groups excluding carboxylic acids is 2. The lowest BCUT2D eigenvalue weighted by Crippen LogP contribution is -2.59. The Hall–Kier alpha value is -4.50. The Morgan fingerprint density at radius 2 is 1.51 bits per heavy atom. The number of carbonyl (C=O) groups is 4. The van der Waals surface area contributed by atoms with E-state index in [4.69, 9.17) is 0 Å². The second-order valence-corrected chi connectivity index (χ2v) is 11.1. The number of aromatic carboxylic acids is 1. The third-order valence-electron chi connectivity index (χ3n) is 8.74. The first-order valence-corrected chi connectivity index (χ1v) is 13.9. The highest BCUT2D eigenvalue weighted by Gasteiger charge is 2.54. The van der Waals surface area contributed by atoms with Gasteiger partial charge in [0.15, 0.2) is 0 Å². The Balaban J connectivity index is 1.37. The van der Waals surface area contributed by atoms with E-state index in [0.717, 1.165) is 11.1 Å². The average molecular weight is 554 g/mol. The highest BCUT2D eigenvalue weighted by Crippen LogP contribution is 2.44. The fourth-order valence-electron chi connectivity index (χ4n) is 6.76. The first kappa shape index (κ1) is 26.7. The predicted molar refractivity (Wildman–Crippen MR) is 149 cm³/mol. The van der Waals surface area contributed by atoms with Crippen molar-refractivity contribution in [2.75, 3.05) is 13.1 Å². The topological polar surface area (TPSA) is 118 Å². The average Bonchev–Trinajstić information content (AvgIpc) is 3.69. The van der Waals surface area contributed by atoms with E-state index in [0.29, 0.717) is 49.9 Å². The van der Waals surface area contributed by atoms with Crippen molar-refractivity contribution >= 4 is 23.8 Å². The summed E-state index contributed by atoms with van der Waals surface area (Å²) in [5, 5.41) is 19.8. The van der Waals surface area contributed by atoms with Crippen molar-refractivity contribution in [3.63, 3.8) is 0 Å². The quantitative estimate of drug-likeness (QED) is 0.428. The number of benzene rings is 3. The number of carboxylic acids is 2. The maximum absolute atomic E-state index is 14.0. The molecule has 2 amide bonds. The van der Waals surface area contributed by atoms with Gasteiger partial charge in [0.2, 0.25) is 0 Å². The third kappa shape index (κ3) is 4.56. The SMILES string of the molecule is O=C(O)c1ccc(CN2C[C@@H](CN(C(=O)c3ccccc3)C3(C(=O)O)CCCC3)N3C(=O)c4ccccc4[C@H]23)cc1. The molecule has 0 aromatic heterocycles. The van der Waals surface area contributed by atoms with Gasteiger partial charge in [-0.05, 0) is 48.7 Å². The largest absolute Gasteiger partial charge is 0.479 e. The van der Waals surface area contributed by atoms with E-state index in [2.05, 4.69) is 4.90 Å². The molecule has 6 rings (SSSR count). The second kappa shape index (κ2) is 10.5. The van der Waals surface area contributed by atoms with Crippen LogP contribution < -0.4 is 0 Å². The number of amides is 2. The summed E-state index contributed by atoms with van der Waals surface area (Å²) >= 11 is 0. The van der Waals surface area contributed by atoms with Crippen molar-refractivity contribution in [1.82, 2.24) is 14.7 Å². The third-order valence-corrected chi connectivity index (χ3v) is 8.74. The van der Waals surface area contributed by atoms with Gasteiger partial charge in [-0.1, -0.05) is 61.4 Å². The van der Waals surface area contributed by atoms with Crippen molar-refractivity contribution in [2.24, 2.45) is 0 Å². The molecule has 3 aromatic carbocycles. The lowest BCUT2D eigenvalue weighted by Gasteiger charge is -2.40. The summed E-state index contributed by atoms with van der Waals surface area (Å²) in [5.74, 6) is -2.50. The molecule has 1 saturated carbocycles. The minimum atomic E-state index is -1.34. The van der Waals surface area contributed by atoms with Gasteiger partial charge < -0.3 is 20.0 Å². The number of nitrogens with zero attached hydrogens (tertiary/aromatic N) is 3. The molecule has 0 spiro atoms. The molecule has 2 aliphatic heterocycles. The van der Waals surface area contributed by atoms with Gasteiger partial charge in [0.1, 0.15) is 11.7 Å². The van der Waals surface area contributed by atoms with Gasteiger partial charge >= 0.3 is 11.9 Å². The number of aliphatic carboxylic acids is 1. The molecule has 0 bridgehead atoms. The predicted octanol–water partition coefficient (Wildman–Crippen LogP) is 4.26. The van der Waals surface area contributed by atoms with Crippen LogP contribution in [0.3, 0.4) is 0 Å². The Labute approximate surface area is 237 Å². The fraction of sp³-hybridized carbons (Fsp3) is 0.312. The highest BCUT2D eigenvalue weighted by atomic mass is 16.4. The molecule has 3 aromatic rings. The lowest BCUT2D eigenvalue weighted by atomic mass is 9.93. The molecule has 2 fully saturated rings. The molecule has 1 saturated heterocycles. The van der Waals surface area contributed by atoms with Gasteiger partial charge in [-0.2, -0.15) is 0 Å². The zero-order valence-corrected chi connectivity index (χ0v) is 22.5. The minimum absolute atomic E-state index is 0.0880. The van der Waals surface area contributed by atoms with Gasteiger partial charge in [0.05, 0.1) is 11.6 Å². The van der Waals surface area contributed by atoms with Crippen LogP contribution in [0.2, 0.25) is 0 Å². The highest BCUT2D eigenvalue weighted by molar-refractivity contribution is 6.00. The first-order valence-electron chi connectivity index (χ1n) is 13.9. The molecule has 0 radical (unpaired) electrons. The normalized spacial score (nSPS) is 21.0. The van der Waals surface area contributed by atoms with Crippen molar-refractivity contribution in [3.8, 4) is 0 Å². The molecule has 2 N–H and O–H groups in total. The molecule has 2 atom stereocenters. The van der Waals surface area contributed by atoms with E-state index in [-0.39, 0.29) is 30.1 Å². The summed E-state index contributed by atoms with van der Waals surface area (Å²) in [6, 6.07) is 22.4. The summed E-state index contributed by atoms with van der Waals surface area (Å²) in [7, 11) is 0. The van der Waals surface area contributed by atoms with Crippen molar-refractivity contribution < 1.29 is 29.4 Å². The van der Waals surface area contributed by atoms with E-state index >= 15 is 0 Å². The van der Waals surface area contributed by atoms with Gasteiger partial charge in [-0.15, -0.1) is 0 Å². The van der Waals surface area contributed by atoms with Crippen molar-refractivity contribution in [2.45, 2.75) is 50.0 Å². The summed E-state index contributed by atoms with van der Waals surface area (Å²) in [4.78, 5) is 57.4. The van der Waals surface area contributed by atoms with Gasteiger partial charge in [-0.3, -0.25) is 14.5 Å². The first-order chi connectivity index (χ1) is 19.8. The van der Waals surface area contributed by atoms with E-state index in [1.165, 1.54) is 4.90 Å². The van der Waals surface area contributed by atoms with E-state index in [1.54, 1.807) is 59.5 Å². The summed E-state index contributed by atoms with van der Waals surface area (Å²) in [6.07, 6.45) is 1.78. The number of carboxylic acid groups (broad SMARTS) is 2. The van der Waals surface area contributed by atoms with Gasteiger partial charge in [-0.25, -0.2) is 9.59 Å². The van der Waals surface area contributed by atoms with Crippen LogP contribution >= 0.6 is 0 Å². The van der Waals surface area contributed by atoms with Gasteiger partial charge in [0, 0.05) is 36.3 Å². The van der Waals surface area contributed by atoms with Crippen LogP contribution in [0.4, 0.5) is 0 Å². The van der Waals surface area contributed by atoms with Crippen molar-refractivity contribution in [1.29, 1.82) is 0 Å². The monoisotopic (exact) mass is 553 g/mol. The summed E-state index contributed by atoms with van der Waals surface area (Å²) in [6.45, 7) is 0.973. The Morgan fingerprint density at radius 1 is 0.854 bits per heavy atom. The molecule has 2 heterocycles. The molecule has 3 aliphatic rings. The van der Waals surface area contributed by atoms with Crippen LogP contribution in [0, 0.1) is 0 Å². The maximum Gasteiger partial charge on any atom is 0.335 e. The Kier molecular flexibility index (Phi) is 6.83. The van der Waals surface area contributed by atoms with Crippen LogP contribution in [-0.2, 0) is 11.3 Å². The molecule has 41 heavy (non-hydrogen) atoms. The zero-order valence-electron chi connectivity index (χ0n) is 22.5. The maximum atomic E-state index is 14.0. The molecule has 1 aliphatic carbocycles. The number of hydrogen-bond acceptors (Lipinski definition) is 5. The number of rotatable bonds is 8. The summed E-state index contributed by atoms with van der Waals surface area (Å²) in [5.41, 5.74) is 1.64. The zero-order chi connectivity index (χ0) is 28.7. The van der Waals surface area contributed by atoms with Crippen LogP contribution in [0.5, 0.6) is 0 Å². The number of fused-ring (bicyclic) bond motifs is 3. The lowest BCUT2D eigenvalue weighted by molar-refractivity contribution is -0.150. The molecular weight excluding hydrogens is 522 g/mol. The molecule has 9 nitrogen and oxygen atoms in total. The molecule has 9 heteroatoms. The smallest absolute Gasteiger partial charge is 0.335 e. The number of hydrogen-bond donors (Lipinski definition) is 2. The van der Waals surface area contributed by atoms with E-state index in [1.807, 2.05) is 24.3 Å². The standard InChI is InChI=1S/C32H31N3O6/c36-28(22-8-2-1-3-9-22)34(32(31(40)41)16-6-7-17-32)20-24-19-33(18-21-12-14-23(15-13-21)30(38)39)27-25-10-4-5-11-26(25)29(37)35(24)27/h1-5,8-15,24,27H,6-7,16-20H2,(H,38,39)(H,40,41)/t24-,27+/m0/s1. The Morgan fingerprint density at radius 3 is 2.17 bits per heavy atom. The molecule has 0 unspecified atom stereocenters. The molecular formula is C32H31N3O6. The van der Waals surface area contributed by atoms with Crippen LogP contribution in [-0.4, -0.2) is 73.3 Å². The van der Waals surface area contributed by atoms with E-state index < -0.39 is 23.5 Å². The Bertz CT molecular complexity index is 1500. The van der Waals surface area contributed by atoms with Crippen LogP contribution in [0.15, 0.2) is 78.9 Å². The van der Waals surface area contributed by atoms with Crippen molar-refractivity contribution in [3.05, 3.63) is 107 Å². The van der Waals surface area contributed by atoms with Gasteiger partial charge in [0.25, 0.3) is 11.8 Å². The van der Waals surface area contributed by atoms with E-state index in [9.17, 15) is 29.4 Å². The second-order valence-electron chi connectivity index (χ2n) is 11.1. The minimum Gasteiger partial charge on any atom is -0.479 e. The van der Waals surface area contributed by atoms with Crippen LogP contribution in [0.25, 0.3) is 0 Å². The van der Waals surface area contributed by atoms with Crippen LogP contribution in [0.1, 0.15) is 74.0 Å². The summed E-state index contributed by atoms with van der Waals surface area (Å²) < 4.78 is 0.